The van der Waals surface area contributed by atoms with E-state index in [-0.39, 0.29) is 0 Å². The number of carbonyl (C=O) groups is 1. The molecular formula is C8H7Cl2NO. The molecule has 0 aliphatic heterocycles. The lowest BCUT2D eigenvalue weighted by Gasteiger charge is -2.04. The molecule has 0 aliphatic carbocycles. The highest BCUT2D eigenvalue weighted by molar-refractivity contribution is 6.42. The molecular weight excluding hydrogens is 197 g/mol. The molecule has 2 nitrogen and oxygen atoms in total. The van der Waals surface area contributed by atoms with Crippen LogP contribution in [0.2, 0.25) is 10.0 Å². The summed E-state index contributed by atoms with van der Waals surface area (Å²) in [5.74, 6) is -0.494. The van der Waals surface area contributed by atoms with Gasteiger partial charge in [-0.05, 0) is 24.6 Å². The molecule has 64 valence electrons. The number of carbonyl (C=O) groups excluding carboxylic acids is 1. The van der Waals surface area contributed by atoms with E-state index in [1.807, 2.05) is 0 Å². The predicted molar refractivity (Wildman–Crippen MR) is 49.7 cm³/mol. The van der Waals surface area contributed by atoms with Crippen molar-refractivity contribution in [1.82, 2.24) is 0 Å². The van der Waals surface area contributed by atoms with Crippen molar-refractivity contribution in [2.45, 2.75) is 6.92 Å². The minimum absolute atomic E-state index is 0.382. The van der Waals surface area contributed by atoms with Crippen LogP contribution in [-0.4, -0.2) is 5.91 Å². The van der Waals surface area contributed by atoms with Crippen molar-refractivity contribution in [2.24, 2.45) is 5.73 Å². The minimum atomic E-state index is -0.494. The lowest BCUT2D eigenvalue weighted by atomic mass is 10.1. The molecule has 0 aromatic heterocycles. The lowest BCUT2D eigenvalue weighted by Crippen LogP contribution is -2.12. The van der Waals surface area contributed by atoms with Crippen LogP contribution in [0.25, 0.3) is 0 Å². The van der Waals surface area contributed by atoms with Gasteiger partial charge in [0.05, 0.1) is 10.0 Å². The van der Waals surface area contributed by atoms with Gasteiger partial charge in [0.15, 0.2) is 0 Å². The average molecular weight is 204 g/mol. The van der Waals surface area contributed by atoms with Crippen molar-refractivity contribution in [3.8, 4) is 0 Å². The Morgan fingerprint density at radius 2 is 2.00 bits per heavy atom. The molecule has 12 heavy (non-hydrogen) atoms. The number of benzene rings is 1. The number of halogens is 2. The molecule has 0 atom stereocenters. The molecule has 0 saturated carbocycles. The fourth-order valence-electron chi connectivity index (χ4n) is 0.919. The van der Waals surface area contributed by atoms with Gasteiger partial charge in [-0.2, -0.15) is 0 Å². The van der Waals surface area contributed by atoms with Gasteiger partial charge in [-0.3, -0.25) is 4.79 Å². The Balaban J connectivity index is 3.36. The molecule has 1 amide bonds. The molecule has 1 aromatic rings. The van der Waals surface area contributed by atoms with Crippen LogP contribution >= 0.6 is 23.2 Å². The minimum Gasteiger partial charge on any atom is -0.366 e. The molecule has 0 aliphatic rings. The molecule has 1 rings (SSSR count). The average Bonchev–Trinajstić information content (AvgIpc) is 2.00. The van der Waals surface area contributed by atoms with Crippen LogP contribution in [0.5, 0.6) is 0 Å². The third-order valence-electron chi connectivity index (χ3n) is 1.60. The smallest absolute Gasteiger partial charge is 0.249 e. The first-order valence-electron chi connectivity index (χ1n) is 3.28. The Morgan fingerprint density at radius 1 is 1.42 bits per heavy atom. The van der Waals surface area contributed by atoms with Gasteiger partial charge >= 0.3 is 0 Å². The summed E-state index contributed by atoms with van der Waals surface area (Å²) in [5.41, 5.74) is 6.12. The molecule has 1 aromatic carbocycles. The number of hydrogen-bond acceptors (Lipinski definition) is 1. The highest BCUT2D eigenvalue weighted by atomic mass is 35.5. The second-order valence-corrected chi connectivity index (χ2v) is 3.18. The third-order valence-corrected chi connectivity index (χ3v) is 2.50. The zero-order chi connectivity index (χ0) is 9.30. The highest BCUT2D eigenvalue weighted by Gasteiger charge is 2.09. The van der Waals surface area contributed by atoms with Crippen molar-refractivity contribution in [1.29, 1.82) is 0 Å². The van der Waals surface area contributed by atoms with Crippen LogP contribution < -0.4 is 5.73 Å². The van der Waals surface area contributed by atoms with Crippen molar-refractivity contribution >= 4 is 29.1 Å². The molecule has 4 heteroatoms. The Bertz CT molecular complexity index is 336. The van der Waals surface area contributed by atoms with Gasteiger partial charge in [-0.15, -0.1) is 0 Å². The number of rotatable bonds is 1. The van der Waals surface area contributed by atoms with Gasteiger partial charge in [0.25, 0.3) is 0 Å². The number of nitrogens with two attached hydrogens (primary N) is 1. The summed E-state index contributed by atoms with van der Waals surface area (Å²) in [5, 5.41) is 0.812. The Hall–Kier alpha value is -0.730. The van der Waals surface area contributed by atoms with E-state index < -0.39 is 5.91 Å². The lowest BCUT2D eigenvalue weighted by molar-refractivity contribution is 0.1000. The largest absolute Gasteiger partial charge is 0.366 e. The fourth-order valence-corrected chi connectivity index (χ4v) is 1.29. The first-order valence-corrected chi connectivity index (χ1v) is 4.04. The second-order valence-electron chi connectivity index (χ2n) is 2.40. The summed E-state index contributed by atoms with van der Waals surface area (Å²) in [6, 6.07) is 3.11. The fraction of sp³-hybridized carbons (Fsp3) is 0.125. The van der Waals surface area contributed by atoms with Crippen LogP contribution in [0.15, 0.2) is 12.1 Å². The zero-order valence-electron chi connectivity index (χ0n) is 6.40. The maximum absolute atomic E-state index is 10.8. The summed E-state index contributed by atoms with van der Waals surface area (Å²) in [6.45, 7) is 1.70. The molecule has 0 radical (unpaired) electrons. The second kappa shape index (κ2) is 3.33. The highest BCUT2D eigenvalue weighted by Crippen LogP contribution is 2.27. The van der Waals surface area contributed by atoms with E-state index in [0.29, 0.717) is 21.2 Å². The van der Waals surface area contributed by atoms with E-state index in [1.54, 1.807) is 19.1 Å². The molecule has 0 fully saturated rings. The van der Waals surface area contributed by atoms with E-state index >= 15 is 0 Å². The number of amides is 1. The van der Waals surface area contributed by atoms with Gasteiger partial charge in [-0.25, -0.2) is 0 Å². The van der Waals surface area contributed by atoms with Crippen molar-refractivity contribution < 1.29 is 4.79 Å². The summed E-state index contributed by atoms with van der Waals surface area (Å²) in [6.07, 6.45) is 0. The maximum atomic E-state index is 10.8. The quantitative estimate of drug-likeness (QED) is 0.749. The summed E-state index contributed by atoms with van der Waals surface area (Å²) >= 11 is 11.5. The van der Waals surface area contributed by atoms with E-state index in [4.69, 9.17) is 28.9 Å². The molecule has 2 N–H and O–H groups in total. The molecule has 0 spiro atoms. The van der Waals surface area contributed by atoms with Crippen LogP contribution in [0.1, 0.15) is 15.9 Å². The van der Waals surface area contributed by atoms with E-state index in [9.17, 15) is 4.79 Å². The van der Waals surface area contributed by atoms with Crippen molar-refractivity contribution in [3.63, 3.8) is 0 Å². The SMILES string of the molecule is Cc1c(C(N)=O)ccc(Cl)c1Cl. The first kappa shape index (κ1) is 9.36. The molecule has 0 saturated heterocycles. The summed E-state index contributed by atoms with van der Waals surface area (Å²) in [7, 11) is 0. The third kappa shape index (κ3) is 1.54. The monoisotopic (exact) mass is 203 g/mol. The van der Waals surface area contributed by atoms with E-state index in [2.05, 4.69) is 0 Å². The van der Waals surface area contributed by atoms with Gasteiger partial charge in [0, 0.05) is 5.56 Å². The van der Waals surface area contributed by atoms with Crippen LogP contribution in [-0.2, 0) is 0 Å². The van der Waals surface area contributed by atoms with E-state index in [1.165, 1.54) is 0 Å². The van der Waals surface area contributed by atoms with E-state index in [0.717, 1.165) is 0 Å². The van der Waals surface area contributed by atoms with Crippen molar-refractivity contribution in [3.05, 3.63) is 33.3 Å². The Kier molecular flexibility index (Phi) is 2.60. The van der Waals surface area contributed by atoms with Crippen molar-refractivity contribution in [2.75, 3.05) is 0 Å². The standard InChI is InChI=1S/C8H7Cl2NO/c1-4-5(8(11)12)2-3-6(9)7(4)10/h2-3H,1H3,(H2,11,12). The number of primary amides is 1. The Morgan fingerprint density at radius 3 is 2.50 bits per heavy atom. The molecule has 0 unspecified atom stereocenters. The summed E-state index contributed by atoms with van der Waals surface area (Å²) in [4.78, 5) is 10.8. The van der Waals surface area contributed by atoms with Crippen LogP contribution in [0, 0.1) is 6.92 Å². The first-order chi connectivity index (χ1) is 5.54. The normalized spacial score (nSPS) is 9.92. The van der Waals surface area contributed by atoms with Crippen LogP contribution in [0.4, 0.5) is 0 Å². The number of hydrogen-bond donors (Lipinski definition) is 1. The molecule has 0 bridgehead atoms. The zero-order valence-corrected chi connectivity index (χ0v) is 7.91. The van der Waals surface area contributed by atoms with Gasteiger partial charge in [-0.1, -0.05) is 23.2 Å². The maximum Gasteiger partial charge on any atom is 0.249 e. The van der Waals surface area contributed by atoms with Gasteiger partial charge in [0.1, 0.15) is 0 Å². The topological polar surface area (TPSA) is 43.1 Å². The van der Waals surface area contributed by atoms with Gasteiger partial charge < -0.3 is 5.73 Å². The summed E-state index contributed by atoms with van der Waals surface area (Å²) < 4.78 is 0. The predicted octanol–water partition coefficient (Wildman–Crippen LogP) is 2.40. The van der Waals surface area contributed by atoms with Crippen LogP contribution in [0.3, 0.4) is 0 Å². The Labute approximate surface area is 80.3 Å². The van der Waals surface area contributed by atoms with Gasteiger partial charge in [0.2, 0.25) is 5.91 Å². The molecule has 0 heterocycles.